The SMILES string of the molecule is COCc1n[nH]c(C)c1-c1cccc(C(=O)N2CCNC(=O)[C@H]2CCO)c1. The molecule has 8 heteroatoms. The number of aliphatic hydroxyl groups excluding tert-OH is 1. The molecular formula is C19H24N4O4. The van der Waals surface area contributed by atoms with Gasteiger partial charge in [-0.3, -0.25) is 14.7 Å². The summed E-state index contributed by atoms with van der Waals surface area (Å²) >= 11 is 0. The van der Waals surface area contributed by atoms with E-state index in [2.05, 4.69) is 15.5 Å². The number of H-pyrrole nitrogens is 1. The Morgan fingerprint density at radius 1 is 1.44 bits per heavy atom. The molecule has 1 aliphatic rings. The van der Waals surface area contributed by atoms with Crippen LogP contribution in [0.4, 0.5) is 0 Å². The molecule has 2 heterocycles. The number of aryl methyl sites for hydroxylation is 1. The Hall–Kier alpha value is -2.71. The predicted molar refractivity (Wildman–Crippen MR) is 99.0 cm³/mol. The summed E-state index contributed by atoms with van der Waals surface area (Å²) in [5.74, 6) is -0.451. The summed E-state index contributed by atoms with van der Waals surface area (Å²) in [5.41, 5.74) is 3.93. The summed E-state index contributed by atoms with van der Waals surface area (Å²) in [7, 11) is 1.61. The van der Waals surface area contributed by atoms with Crippen molar-refractivity contribution in [2.24, 2.45) is 0 Å². The molecule has 1 fully saturated rings. The van der Waals surface area contributed by atoms with Crippen molar-refractivity contribution in [3.05, 3.63) is 41.2 Å². The molecule has 3 N–H and O–H groups in total. The lowest BCUT2D eigenvalue weighted by Gasteiger charge is -2.35. The lowest BCUT2D eigenvalue weighted by molar-refractivity contribution is -0.128. The van der Waals surface area contributed by atoms with Gasteiger partial charge in [-0.05, 0) is 31.0 Å². The number of hydrogen-bond acceptors (Lipinski definition) is 5. The topological polar surface area (TPSA) is 108 Å². The Morgan fingerprint density at radius 2 is 2.26 bits per heavy atom. The monoisotopic (exact) mass is 372 g/mol. The Morgan fingerprint density at radius 3 is 3.00 bits per heavy atom. The molecule has 0 spiro atoms. The number of nitrogens with one attached hydrogen (secondary N) is 2. The fraction of sp³-hybridized carbons (Fsp3) is 0.421. The van der Waals surface area contributed by atoms with Gasteiger partial charge in [-0.1, -0.05) is 12.1 Å². The van der Waals surface area contributed by atoms with Gasteiger partial charge >= 0.3 is 0 Å². The van der Waals surface area contributed by atoms with Crippen LogP contribution >= 0.6 is 0 Å². The number of aromatic amines is 1. The molecule has 27 heavy (non-hydrogen) atoms. The van der Waals surface area contributed by atoms with Crippen LogP contribution in [0, 0.1) is 6.92 Å². The number of rotatable bonds is 6. The zero-order valence-electron chi connectivity index (χ0n) is 15.5. The molecule has 0 aliphatic carbocycles. The normalized spacial score (nSPS) is 17.1. The Bertz CT molecular complexity index is 833. The first-order valence-corrected chi connectivity index (χ1v) is 8.89. The molecule has 0 saturated carbocycles. The van der Waals surface area contributed by atoms with Crippen LogP contribution in [0.1, 0.15) is 28.2 Å². The molecule has 2 amide bonds. The third kappa shape index (κ3) is 3.86. The molecule has 0 bridgehead atoms. The van der Waals surface area contributed by atoms with E-state index in [1.165, 1.54) is 4.90 Å². The summed E-state index contributed by atoms with van der Waals surface area (Å²) in [6, 6.07) is 6.62. The van der Waals surface area contributed by atoms with E-state index in [9.17, 15) is 14.7 Å². The highest BCUT2D eigenvalue weighted by Gasteiger charge is 2.33. The van der Waals surface area contributed by atoms with Gasteiger partial charge in [-0.25, -0.2) is 0 Å². The highest BCUT2D eigenvalue weighted by molar-refractivity contribution is 5.99. The van der Waals surface area contributed by atoms with E-state index in [1.54, 1.807) is 13.2 Å². The van der Waals surface area contributed by atoms with E-state index in [0.29, 0.717) is 25.3 Å². The molecule has 1 aromatic heterocycles. The van der Waals surface area contributed by atoms with Gasteiger partial charge in [0.25, 0.3) is 5.91 Å². The average molecular weight is 372 g/mol. The minimum Gasteiger partial charge on any atom is -0.396 e. The van der Waals surface area contributed by atoms with E-state index in [0.717, 1.165) is 22.5 Å². The maximum absolute atomic E-state index is 13.1. The number of aromatic nitrogens is 2. The van der Waals surface area contributed by atoms with Gasteiger partial charge in [-0.15, -0.1) is 0 Å². The molecule has 1 aliphatic heterocycles. The predicted octanol–water partition coefficient (Wildman–Crippen LogP) is 0.855. The fourth-order valence-electron chi connectivity index (χ4n) is 3.44. The van der Waals surface area contributed by atoms with E-state index in [1.807, 2.05) is 25.1 Å². The number of nitrogens with zero attached hydrogens (tertiary/aromatic N) is 2. The van der Waals surface area contributed by atoms with Crippen LogP contribution in [0.5, 0.6) is 0 Å². The van der Waals surface area contributed by atoms with Crippen LogP contribution in [0.25, 0.3) is 11.1 Å². The molecule has 3 rings (SSSR count). The number of carbonyl (C=O) groups excluding carboxylic acids is 2. The van der Waals surface area contributed by atoms with Crippen molar-refractivity contribution in [1.82, 2.24) is 20.4 Å². The summed E-state index contributed by atoms with van der Waals surface area (Å²) in [5, 5.41) is 19.2. The molecule has 1 saturated heterocycles. The third-order valence-corrected chi connectivity index (χ3v) is 4.70. The van der Waals surface area contributed by atoms with Crippen LogP contribution in [0.2, 0.25) is 0 Å². The van der Waals surface area contributed by atoms with Crippen molar-refractivity contribution in [3.63, 3.8) is 0 Å². The maximum Gasteiger partial charge on any atom is 0.254 e. The summed E-state index contributed by atoms with van der Waals surface area (Å²) < 4.78 is 5.20. The molecule has 0 radical (unpaired) electrons. The highest BCUT2D eigenvalue weighted by atomic mass is 16.5. The van der Waals surface area contributed by atoms with Gasteiger partial charge in [0, 0.05) is 43.6 Å². The molecule has 0 unspecified atom stereocenters. The first-order chi connectivity index (χ1) is 13.1. The van der Waals surface area contributed by atoms with Gasteiger partial charge in [0.2, 0.25) is 5.91 Å². The Balaban J connectivity index is 1.92. The number of carbonyl (C=O) groups is 2. The minimum atomic E-state index is -0.653. The fourth-order valence-corrected chi connectivity index (χ4v) is 3.44. The summed E-state index contributed by atoms with van der Waals surface area (Å²) in [6.45, 7) is 2.95. The van der Waals surface area contributed by atoms with Gasteiger partial charge in [0.05, 0.1) is 12.3 Å². The van der Waals surface area contributed by atoms with E-state index >= 15 is 0 Å². The molecular weight excluding hydrogens is 348 g/mol. The Labute approximate surface area is 157 Å². The second kappa shape index (κ2) is 8.32. The lowest BCUT2D eigenvalue weighted by atomic mass is 10.00. The van der Waals surface area contributed by atoms with Crippen LogP contribution < -0.4 is 5.32 Å². The highest BCUT2D eigenvalue weighted by Crippen LogP contribution is 2.27. The van der Waals surface area contributed by atoms with Crippen molar-refractivity contribution in [2.75, 3.05) is 26.8 Å². The lowest BCUT2D eigenvalue weighted by Crippen LogP contribution is -2.57. The van der Waals surface area contributed by atoms with Crippen molar-refractivity contribution in [3.8, 4) is 11.1 Å². The van der Waals surface area contributed by atoms with Gasteiger partial charge in [0.15, 0.2) is 0 Å². The molecule has 1 aromatic carbocycles. The number of benzene rings is 1. The van der Waals surface area contributed by atoms with Crippen LogP contribution in [-0.2, 0) is 16.1 Å². The van der Waals surface area contributed by atoms with Crippen molar-refractivity contribution in [2.45, 2.75) is 26.0 Å². The summed E-state index contributed by atoms with van der Waals surface area (Å²) in [6.07, 6.45) is 0.218. The number of aliphatic hydroxyl groups is 1. The van der Waals surface area contributed by atoms with Crippen LogP contribution in [-0.4, -0.2) is 64.9 Å². The molecule has 2 aromatic rings. The number of piperazine rings is 1. The van der Waals surface area contributed by atoms with Crippen molar-refractivity contribution >= 4 is 11.8 Å². The first-order valence-electron chi connectivity index (χ1n) is 8.89. The number of methoxy groups -OCH3 is 1. The zero-order valence-corrected chi connectivity index (χ0v) is 15.5. The first kappa shape index (κ1) is 19.1. The minimum absolute atomic E-state index is 0.156. The third-order valence-electron chi connectivity index (χ3n) is 4.70. The largest absolute Gasteiger partial charge is 0.396 e. The van der Waals surface area contributed by atoms with E-state index in [4.69, 9.17) is 4.74 Å². The molecule has 144 valence electrons. The van der Waals surface area contributed by atoms with Crippen LogP contribution in [0.3, 0.4) is 0 Å². The van der Waals surface area contributed by atoms with Crippen molar-refractivity contribution in [1.29, 1.82) is 0 Å². The maximum atomic E-state index is 13.1. The van der Waals surface area contributed by atoms with Gasteiger partial charge < -0.3 is 20.1 Å². The second-order valence-electron chi connectivity index (χ2n) is 6.50. The number of amides is 2. The zero-order chi connectivity index (χ0) is 19.4. The van der Waals surface area contributed by atoms with Gasteiger partial charge in [0.1, 0.15) is 6.04 Å². The standard InChI is InChI=1S/C19H24N4O4/c1-12-17(15(11-27-2)22-21-12)13-4-3-5-14(10-13)19(26)23-8-7-20-18(25)16(23)6-9-24/h3-5,10,16,24H,6-9,11H2,1-2H3,(H,20,25)(H,21,22)/t16-/m1/s1. The van der Waals surface area contributed by atoms with Crippen LogP contribution in [0.15, 0.2) is 24.3 Å². The van der Waals surface area contributed by atoms with E-state index < -0.39 is 6.04 Å². The molecule has 8 nitrogen and oxygen atoms in total. The Kier molecular flexibility index (Phi) is 5.88. The van der Waals surface area contributed by atoms with E-state index in [-0.39, 0.29) is 24.8 Å². The van der Waals surface area contributed by atoms with Crippen molar-refractivity contribution < 1.29 is 19.4 Å². The average Bonchev–Trinajstić information content (AvgIpc) is 3.04. The second-order valence-corrected chi connectivity index (χ2v) is 6.50. The molecule has 1 atom stereocenters. The number of hydrogen-bond donors (Lipinski definition) is 3. The van der Waals surface area contributed by atoms with Gasteiger partial charge in [-0.2, -0.15) is 5.10 Å². The summed E-state index contributed by atoms with van der Waals surface area (Å²) in [4.78, 5) is 26.7. The quantitative estimate of drug-likeness (QED) is 0.697. The number of ether oxygens (including phenoxy) is 1. The smallest absolute Gasteiger partial charge is 0.254 e.